The molecular formula is C20H36N4O5S2. The van der Waals surface area contributed by atoms with Gasteiger partial charge in [-0.15, -0.1) is 0 Å². The number of hydrogen-bond acceptors (Lipinski definition) is 7. The molecule has 4 unspecified atom stereocenters. The van der Waals surface area contributed by atoms with Gasteiger partial charge in [-0.05, 0) is 55.6 Å². The van der Waals surface area contributed by atoms with Crippen molar-refractivity contribution in [3.05, 3.63) is 0 Å². The van der Waals surface area contributed by atoms with Crippen molar-refractivity contribution in [1.29, 1.82) is 0 Å². The maximum absolute atomic E-state index is 13.0. The topological polar surface area (TPSA) is 142 Å². The minimum atomic E-state index is -1.10. The van der Waals surface area contributed by atoms with Crippen LogP contribution < -0.4 is 16.4 Å². The van der Waals surface area contributed by atoms with Crippen LogP contribution in [0, 0.1) is 5.92 Å². The molecule has 0 aliphatic carbocycles. The van der Waals surface area contributed by atoms with Gasteiger partial charge in [0.1, 0.15) is 18.1 Å². The maximum atomic E-state index is 13.0. The summed E-state index contributed by atoms with van der Waals surface area (Å²) in [5, 5.41) is 14.7. The highest BCUT2D eigenvalue weighted by atomic mass is 32.2. The Balaban J connectivity index is 2.87. The molecule has 1 aliphatic rings. The van der Waals surface area contributed by atoms with E-state index in [1.807, 2.05) is 26.4 Å². The summed E-state index contributed by atoms with van der Waals surface area (Å²) in [4.78, 5) is 51.4. The zero-order valence-corrected chi connectivity index (χ0v) is 20.4. The van der Waals surface area contributed by atoms with E-state index in [0.29, 0.717) is 43.7 Å². The number of nitrogens with one attached hydrogen (secondary N) is 2. The second-order valence-corrected chi connectivity index (χ2v) is 9.95. The van der Waals surface area contributed by atoms with E-state index < -0.39 is 42.0 Å². The van der Waals surface area contributed by atoms with Crippen molar-refractivity contribution in [2.75, 3.05) is 30.6 Å². The van der Waals surface area contributed by atoms with Crippen LogP contribution in [-0.2, 0) is 19.2 Å². The summed E-state index contributed by atoms with van der Waals surface area (Å²) in [5.41, 5.74) is 5.99. The summed E-state index contributed by atoms with van der Waals surface area (Å²) in [6, 6.07) is -3.24. The van der Waals surface area contributed by atoms with Crippen LogP contribution in [0.25, 0.3) is 0 Å². The Morgan fingerprint density at radius 3 is 2.16 bits per heavy atom. The lowest BCUT2D eigenvalue weighted by Gasteiger charge is -2.29. The van der Waals surface area contributed by atoms with E-state index in [1.165, 1.54) is 28.4 Å². The van der Waals surface area contributed by atoms with Crippen molar-refractivity contribution >= 4 is 47.2 Å². The zero-order valence-electron chi connectivity index (χ0n) is 18.8. The van der Waals surface area contributed by atoms with Crippen molar-refractivity contribution in [2.24, 2.45) is 11.7 Å². The van der Waals surface area contributed by atoms with Gasteiger partial charge in [0.15, 0.2) is 0 Å². The molecule has 0 aromatic heterocycles. The number of carbonyl (C=O) groups excluding carboxylic acids is 3. The van der Waals surface area contributed by atoms with Gasteiger partial charge in [0.2, 0.25) is 17.7 Å². The van der Waals surface area contributed by atoms with Gasteiger partial charge < -0.3 is 26.4 Å². The lowest BCUT2D eigenvalue weighted by molar-refractivity contribution is -0.143. The first kappa shape index (κ1) is 27.6. The molecule has 9 nitrogen and oxygen atoms in total. The standard InChI is InChI=1S/C20H36N4O5S2/c1-12(2)16(21)19(27)24-9-5-6-15(24)18(26)22-13(7-10-30-3)17(25)23-14(20(28)29)8-11-31-4/h12-16H,5-11,21H2,1-4H3,(H,22,26)(H,23,25)(H,28,29). The average molecular weight is 477 g/mol. The second-order valence-electron chi connectivity index (χ2n) is 7.98. The molecule has 1 fully saturated rings. The summed E-state index contributed by atoms with van der Waals surface area (Å²) >= 11 is 3.02. The van der Waals surface area contributed by atoms with Gasteiger partial charge in [-0.3, -0.25) is 14.4 Å². The molecule has 0 saturated carbocycles. The van der Waals surface area contributed by atoms with Crippen LogP contribution in [0.3, 0.4) is 0 Å². The molecule has 1 rings (SSSR count). The first-order valence-corrected chi connectivity index (χ1v) is 13.3. The number of rotatable bonds is 13. The number of nitrogens with two attached hydrogens (primary N) is 1. The Bertz CT molecular complexity index is 635. The van der Waals surface area contributed by atoms with Crippen molar-refractivity contribution < 1.29 is 24.3 Å². The van der Waals surface area contributed by atoms with Crippen LogP contribution in [0.1, 0.15) is 39.5 Å². The highest BCUT2D eigenvalue weighted by Gasteiger charge is 2.38. The molecule has 11 heteroatoms. The largest absolute Gasteiger partial charge is 0.480 e. The summed E-state index contributed by atoms with van der Waals surface area (Å²) in [6.45, 7) is 4.16. The molecule has 0 aromatic rings. The average Bonchev–Trinajstić information content (AvgIpc) is 3.22. The molecule has 3 amide bonds. The third-order valence-electron chi connectivity index (χ3n) is 5.31. The van der Waals surface area contributed by atoms with Crippen LogP contribution >= 0.6 is 23.5 Å². The minimum absolute atomic E-state index is 0.0499. The van der Waals surface area contributed by atoms with Crippen molar-refractivity contribution in [3.63, 3.8) is 0 Å². The molecular weight excluding hydrogens is 440 g/mol. The number of nitrogens with zero attached hydrogens (tertiary/aromatic N) is 1. The lowest BCUT2D eigenvalue weighted by atomic mass is 10.0. The fourth-order valence-corrected chi connectivity index (χ4v) is 4.26. The van der Waals surface area contributed by atoms with Crippen molar-refractivity contribution in [1.82, 2.24) is 15.5 Å². The van der Waals surface area contributed by atoms with E-state index in [0.717, 1.165) is 0 Å². The fraction of sp³-hybridized carbons (Fsp3) is 0.800. The number of aliphatic carboxylic acids is 1. The molecule has 1 saturated heterocycles. The van der Waals surface area contributed by atoms with Crippen molar-refractivity contribution in [3.8, 4) is 0 Å². The number of amides is 3. The quantitative estimate of drug-likeness (QED) is 0.301. The Kier molecular flexibility index (Phi) is 12.3. The molecule has 0 bridgehead atoms. The number of likely N-dealkylation sites (tertiary alicyclic amines) is 1. The van der Waals surface area contributed by atoms with Gasteiger partial charge in [-0.25, -0.2) is 4.79 Å². The fourth-order valence-electron chi connectivity index (χ4n) is 3.32. The third-order valence-corrected chi connectivity index (χ3v) is 6.60. The molecule has 5 N–H and O–H groups in total. The first-order chi connectivity index (χ1) is 14.6. The number of carbonyl (C=O) groups is 4. The summed E-state index contributed by atoms with van der Waals surface area (Å²) in [6.07, 6.45) is 5.60. The van der Waals surface area contributed by atoms with Gasteiger partial charge in [0.05, 0.1) is 6.04 Å². The van der Waals surface area contributed by atoms with Crippen LogP contribution in [0.2, 0.25) is 0 Å². The molecule has 1 heterocycles. The number of carboxylic acid groups (broad SMARTS) is 1. The van der Waals surface area contributed by atoms with E-state index in [-0.39, 0.29) is 11.8 Å². The van der Waals surface area contributed by atoms with Crippen LogP contribution in [0.5, 0.6) is 0 Å². The van der Waals surface area contributed by atoms with E-state index in [2.05, 4.69) is 10.6 Å². The predicted molar refractivity (Wildman–Crippen MR) is 125 cm³/mol. The molecule has 178 valence electrons. The molecule has 4 atom stereocenters. The van der Waals surface area contributed by atoms with Gasteiger partial charge in [-0.1, -0.05) is 13.8 Å². The van der Waals surface area contributed by atoms with Crippen molar-refractivity contribution in [2.45, 2.75) is 63.7 Å². The Labute approximate surface area is 193 Å². The summed E-state index contributed by atoms with van der Waals surface area (Å²) in [5.74, 6) is -1.13. The Hall–Kier alpha value is -1.46. The monoisotopic (exact) mass is 476 g/mol. The first-order valence-electron chi connectivity index (χ1n) is 10.5. The van der Waals surface area contributed by atoms with Gasteiger partial charge in [0, 0.05) is 6.54 Å². The molecule has 0 aromatic carbocycles. The highest BCUT2D eigenvalue weighted by molar-refractivity contribution is 7.98. The van der Waals surface area contributed by atoms with E-state index in [9.17, 15) is 24.3 Å². The zero-order chi connectivity index (χ0) is 23.6. The van der Waals surface area contributed by atoms with Gasteiger partial charge in [-0.2, -0.15) is 23.5 Å². The number of hydrogen-bond donors (Lipinski definition) is 4. The minimum Gasteiger partial charge on any atom is -0.480 e. The number of thioether (sulfide) groups is 2. The third kappa shape index (κ3) is 8.53. The highest BCUT2D eigenvalue weighted by Crippen LogP contribution is 2.20. The smallest absolute Gasteiger partial charge is 0.326 e. The second kappa shape index (κ2) is 13.8. The predicted octanol–water partition coefficient (Wildman–Crippen LogP) is 0.521. The Morgan fingerprint density at radius 2 is 1.65 bits per heavy atom. The van der Waals surface area contributed by atoms with Crippen LogP contribution in [0.4, 0.5) is 0 Å². The molecule has 1 aliphatic heterocycles. The number of carboxylic acids is 1. The lowest BCUT2D eigenvalue weighted by Crippen LogP contribution is -2.57. The molecule has 0 radical (unpaired) electrons. The molecule has 0 spiro atoms. The maximum Gasteiger partial charge on any atom is 0.326 e. The van der Waals surface area contributed by atoms with E-state index in [1.54, 1.807) is 0 Å². The van der Waals surface area contributed by atoms with Crippen LogP contribution in [-0.4, -0.2) is 88.4 Å². The van der Waals surface area contributed by atoms with E-state index in [4.69, 9.17) is 5.73 Å². The van der Waals surface area contributed by atoms with Crippen LogP contribution in [0.15, 0.2) is 0 Å². The normalized spacial score (nSPS) is 19.0. The summed E-state index contributed by atoms with van der Waals surface area (Å²) < 4.78 is 0. The Morgan fingerprint density at radius 1 is 1.06 bits per heavy atom. The van der Waals surface area contributed by atoms with Gasteiger partial charge in [0.25, 0.3) is 0 Å². The van der Waals surface area contributed by atoms with Gasteiger partial charge >= 0.3 is 5.97 Å². The SMILES string of the molecule is CSCCC(NC(=O)C(CCSC)NC(=O)C1CCCN1C(=O)C(N)C(C)C)C(=O)O. The summed E-state index contributed by atoms with van der Waals surface area (Å²) in [7, 11) is 0. The molecule has 31 heavy (non-hydrogen) atoms. The van der Waals surface area contributed by atoms with E-state index >= 15 is 0 Å².